The lowest BCUT2D eigenvalue weighted by Crippen LogP contribution is -2.37. The molecule has 0 saturated heterocycles. The molecule has 0 unspecified atom stereocenters. The van der Waals surface area contributed by atoms with Gasteiger partial charge in [-0.05, 0) is 54.4 Å². The van der Waals surface area contributed by atoms with E-state index < -0.39 is 11.2 Å². The number of rotatable bonds is 7. The van der Waals surface area contributed by atoms with Crippen LogP contribution in [0, 0.1) is 0 Å². The molecule has 0 aliphatic heterocycles. The van der Waals surface area contributed by atoms with E-state index in [0.29, 0.717) is 30.3 Å². The van der Waals surface area contributed by atoms with Crippen LogP contribution in [0.1, 0.15) is 18.1 Å². The summed E-state index contributed by atoms with van der Waals surface area (Å²) in [6.45, 7) is 2.91. The summed E-state index contributed by atoms with van der Waals surface area (Å²) in [5.74, 6) is 1.14. The summed E-state index contributed by atoms with van der Waals surface area (Å²) in [5, 5.41) is 4.30. The van der Waals surface area contributed by atoms with Crippen LogP contribution >= 0.6 is 15.9 Å². The Morgan fingerprint density at radius 1 is 1.06 bits per heavy atom. The number of hydrogen-bond donors (Lipinski definition) is 1. The second-order valence-electron chi connectivity index (χ2n) is 7.40. The van der Waals surface area contributed by atoms with Crippen LogP contribution in [-0.2, 0) is 20.6 Å². The summed E-state index contributed by atoms with van der Waals surface area (Å²) in [6.07, 6.45) is 1.65. The molecule has 0 aliphatic carbocycles. The molecule has 0 fully saturated rings. The first-order valence-electron chi connectivity index (χ1n) is 10.3. The molecule has 2 aromatic heterocycles. The van der Waals surface area contributed by atoms with E-state index >= 15 is 0 Å². The van der Waals surface area contributed by atoms with Crippen molar-refractivity contribution in [2.75, 3.05) is 12.0 Å². The van der Waals surface area contributed by atoms with Gasteiger partial charge in [-0.2, -0.15) is 10.1 Å². The number of fused-ring (bicyclic) bond motifs is 1. The highest BCUT2D eigenvalue weighted by molar-refractivity contribution is 9.10. The van der Waals surface area contributed by atoms with Crippen LogP contribution in [0.4, 0.5) is 5.95 Å². The first-order chi connectivity index (χ1) is 15.9. The monoisotopic (exact) mass is 510 g/mol. The van der Waals surface area contributed by atoms with Crippen LogP contribution in [0.15, 0.2) is 67.7 Å². The van der Waals surface area contributed by atoms with Gasteiger partial charge >= 0.3 is 5.69 Å². The molecule has 4 aromatic rings. The minimum Gasteiger partial charge on any atom is -0.494 e. The molecule has 33 heavy (non-hydrogen) atoms. The SMILES string of the molecule is CCOc1ccc(/C=N\Nc2nc3c(c(=O)n(C)c(=O)n3C)n2Cc2ccc(Br)cc2)cc1. The number of benzene rings is 2. The van der Waals surface area contributed by atoms with Gasteiger partial charge in [-0.15, -0.1) is 0 Å². The fraction of sp³-hybridized carbons (Fsp3) is 0.217. The maximum atomic E-state index is 13.0. The van der Waals surface area contributed by atoms with Gasteiger partial charge in [0.1, 0.15) is 5.75 Å². The predicted octanol–water partition coefficient (Wildman–Crippen LogP) is 3.09. The number of aryl methyl sites for hydroxylation is 1. The van der Waals surface area contributed by atoms with Crippen molar-refractivity contribution in [3.8, 4) is 5.75 Å². The Balaban J connectivity index is 1.73. The maximum Gasteiger partial charge on any atom is 0.332 e. The van der Waals surface area contributed by atoms with Gasteiger partial charge < -0.3 is 4.74 Å². The first kappa shape index (κ1) is 22.5. The highest BCUT2D eigenvalue weighted by Gasteiger charge is 2.19. The Hall–Kier alpha value is -3.66. The highest BCUT2D eigenvalue weighted by Crippen LogP contribution is 2.19. The van der Waals surface area contributed by atoms with Crippen molar-refractivity contribution < 1.29 is 4.74 Å². The molecular weight excluding hydrogens is 488 g/mol. The van der Waals surface area contributed by atoms with Crippen molar-refractivity contribution in [1.29, 1.82) is 0 Å². The second kappa shape index (κ2) is 9.45. The van der Waals surface area contributed by atoms with Crippen molar-refractivity contribution in [2.45, 2.75) is 13.5 Å². The first-order valence-corrected chi connectivity index (χ1v) is 11.1. The van der Waals surface area contributed by atoms with Gasteiger partial charge in [-0.25, -0.2) is 10.2 Å². The van der Waals surface area contributed by atoms with Crippen LogP contribution in [0.5, 0.6) is 5.75 Å². The van der Waals surface area contributed by atoms with Gasteiger partial charge in [0.25, 0.3) is 5.56 Å². The Labute approximate surface area is 198 Å². The molecule has 0 atom stereocenters. The molecule has 1 N–H and O–H groups in total. The van der Waals surface area contributed by atoms with E-state index in [1.165, 1.54) is 11.6 Å². The van der Waals surface area contributed by atoms with E-state index in [-0.39, 0.29) is 0 Å². The summed E-state index contributed by atoms with van der Waals surface area (Å²) in [4.78, 5) is 29.9. The third-order valence-corrected chi connectivity index (χ3v) is 5.70. The van der Waals surface area contributed by atoms with Gasteiger partial charge in [0, 0.05) is 18.6 Å². The van der Waals surface area contributed by atoms with Gasteiger partial charge in [0.2, 0.25) is 5.95 Å². The molecule has 0 amide bonds. The van der Waals surface area contributed by atoms with Gasteiger partial charge in [-0.3, -0.25) is 18.5 Å². The van der Waals surface area contributed by atoms with Crippen LogP contribution in [0.2, 0.25) is 0 Å². The zero-order valence-electron chi connectivity index (χ0n) is 18.4. The Morgan fingerprint density at radius 3 is 2.42 bits per heavy atom. The lowest BCUT2D eigenvalue weighted by Gasteiger charge is -2.09. The third-order valence-electron chi connectivity index (χ3n) is 5.17. The van der Waals surface area contributed by atoms with Crippen LogP contribution in [-0.4, -0.2) is 31.5 Å². The predicted molar refractivity (Wildman–Crippen MR) is 132 cm³/mol. The quantitative estimate of drug-likeness (QED) is 0.304. The highest BCUT2D eigenvalue weighted by atomic mass is 79.9. The number of halogens is 1. The molecule has 2 aromatic carbocycles. The van der Waals surface area contributed by atoms with E-state index in [9.17, 15) is 9.59 Å². The number of hydrogen-bond acceptors (Lipinski definition) is 6. The molecule has 0 bridgehead atoms. The van der Waals surface area contributed by atoms with Crippen LogP contribution < -0.4 is 21.4 Å². The van der Waals surface area contributed by atoms with E-state index in [1.807, 2.05) is 55.5 Å². The minimum atomic E-state index is -0.440. The summed E-state index contributed by atoms with van der Waals surface area (Å²) < 4.78 is 10.6. The van der Waals surface area contributed by atoms with Crippen molar-refractivity contribution in [2.24, 2.45) is 19.2 Å². The molecule has 2 heterocycles. The molecule has 10 heteroatoms. The topological polar surface area (TPSA) is 95.4 Å². The normalized spacial score (nSPS) is 11.4. The number of nitrogens with one attached hydrogen (secondary N) is 1. The number of imidazole rings is 1. The molecule has 0 saturated carbocycles. The zero-order chi connectivity index (χ0) is 23.5. The average molecular weight is 511 g/mol. The molecule has 9 nitrogen and oxygen atoms in total. The van der Waals surface area contributed by atoms with E-state index in [2.05, 4.69) is 31.4 Å². The fourth-order valence-corrected chi connectivity index (χ4v) is 3.70. The largest absolute Gasteiger partial charge is 0.494 e. The number of hydrazone groups is 1. The summed E-state index contributed by atoms with van der Waals surface area (Å²) in [6, 6.07) is 15.3. The lowest BCUT2D eigenvalue weighted by molar-refractivity contribution is 0.340. The molecule has 0 aliphatic rings. The number of nitrogens with zero attached hydrogens (tertiary/aromatic N) is 5. The van der Waals surface area contributed by atoms with Crippen molar-refractivity contribution in [3.05, 3.63) is 85.0 Å². The molecule has 0 radical (unpaired) electrons. The maximum absolute atomic E-state index is 13.0. The van der Waals surface area contributed by atoms with E-state index in [1.54, 1.807) is 17.8 Å². The molecular formula is C23H23BrN6O3. The van der Waals surface area contributed by atoms with Gasteiger partial charge in [-0.1, -0.05) is 28.1 Å². The van der Waals surface area contributed by atoms with Crippen molar-refractivity contribution in [1.82, 2.24) is 18.7 Å². The summed E-state index contributed by atoms with van der Waals surface area (Å²) >= 11 is 3.44. The smallest absolute Gasteiger partial charge is 0.332 e. The third kappa shape index (κ3) is 4.61. The minimum absolute atomic E-state index is 0.291. The Morgan fingerprint density at radius 2 is 1.76 bits per heavy atom. The second-order valence-corrected chi connectivity index (χ2v) is 8.31. The van der Waals surface area contributed by atoms with Gasteiger partial charge in [0.15, 0.2) is 11.2 Å². The number of anilines is 1. The molecule has 0 spiro atoms. The van der Waals surface area contributed by atoms with Gasteiger partial charge in [0.05, 0.1) is 19.4 Å². The number of ether oxygens (including phenoxy) is 1. The zero-order valence-corrected chi connectivity index (χ0v) is 20.0. The lowest BCUT2D eigenvalue weighted by atomic mass is 10.2. The number of aromatic nitrogens is 4. The fourth-order valence-electron chi connectivity index (χ4n) is 3.44. The van der Waals surface area contributed by atoms with Crippen LogP contribution in [0.25, 0.3) is 11.2 Å². The Bertz CT molecular complexity index is 1430. The standard InChI is InChI=1S/C23H23BrN6O3/c1-4-33-18-11-7-15(8-12-18)13-25-27-22-26-20-19(21(31)29(3)23(32)28(20)2)30(22)14-16-5-9-17(24)10-6-16/h5-13H,4,14H2,1-3H3,(H,26,27)/b25-13-. The van der Waals surface area contributed by atoms with Crippen molar-refractivity contribution >= 4 is 39.3 Å². The molecule has 4 rings (SSSR count). The van der Waals surface area contributed by atoms with E-state index in [0.717, 1.165) is 25.9 Å². The average Bonchev–Trinajstić information content (AvgIpc) is 3.17. The van der Waals surface area contributed by atoms with Crippen LogP contribution in [0.3, 0.4) is 0 Å². The van der Waals surface area contributed by atoms with Crippen molar-refractivity contribution in [3.63, 3.8) is 0 Å². The summed E-state index contributed by atoms with van der Waals surface area (Å²) in [5.41, 5.74) is 4.52. The molecule has 170 valence electrons. The Kier molecular flexibility index (Phi) is 6.45. The van der Waals surface area contributed by atoms with E-state index in [4.69, 9.17) is 4.74 Å². The summed E-state index contributed by atoms with van der Waals surface area (Å²) in [7, 11) is 3.05.